The number of nitrogens with one attached hydrogen (secondary N) is 1. The Labute approximate surface area is 226 Å². The largest absolute Gasteiger partial charge is 0.481 e. The zero-order chi connectivity index (χ0) is 27.5. The van der Waals surface area contributed by atoms with E-state index < -0.39 is 11.8 Å². The summed E-state index contributed by atoms with van der Waals surface area (Å²) in [6.45, 7) is 9.91. The van der Waals surface area contributed by atoms with E-state index in [2.05, 4.69) is 37.0 Å². The number of aromatic nitrogens is 4. The number of nitrogens with zero attached hydrogens (tertiary/aromatic N) is 6. The normalized spacial score (nSPS) is 15.5. The molecule has 1 aromatic carbocycles. The lowest BCUT2D eigenvalue weighted by molar-refractivity contribution is -0.137. The summed E-state index contributed by atoms with van der Waals surface area (Å²) in [4.78, 5) is 29.0. The maximum Gasteiger partial charge on any atom is 0.305 e. The quantitative estimate of drug-likeness (QED) is 0.292. The molecule has 204 valence electrons. The molecule has 1 atom stereocenters. The van der Waals surface area contributed by atoms with E-state index in [9.17, 15) is 14.3 Å². The maximum atomic E-state index is 14.9. The Balaban J connectivity index is 1.34. The first-order valence-electron chi connectivity index (χ1n) is 13.1. The number of hydrogen-bond donors (Lipinski definition) is 3. The van der Waals surface area contributed by atoms with Crippen molar-refractivity contribution >= 4 is 34.3 Å². The molecule has 0 bridgehead atoms. The second kappa shape index (κ2) is 11.3. The molecule has 11 heteroatoms. The second-order valence-corrected chi connectivity index (χ2v) is 9.94. The molecule has 10 nitrogen and oxygen atoms in total. The Bertz CT molecular complexity index is 1480. The Morgan fingerprint density at radius 3 is 2.62 bits per heavy atom. The molecule has 39 heavy (non-hydrogen) atoms. The molecule has 1 aliphatic heterocycles. The number of hydrogen-bond acceptors (Lipinski definition) is 8. The van der Waals surface area contributed by atoms with Crippen molar-refractivity contribution in [3.63, 3.8) is 0 Å². The first-order valence-corrected chi connectivity index (χ1v) is 13.1. The van der Waals surface area contributed by atoms with Crippen LogP contribution in [-0.2, 0) is 11.3 Å². The molecule has 1 unspecified atom stereocenters. The average molecular weight is 533 g/mol. The van der Waals surface area contributed by atoms with E-state index in [1.165, 1.54) is 0 Å². The van der Waals surface area contributed by atoms with Crippen molar-refractivity contribution in [1.82, 2.24) is 29.3 Å². The number of carboxylic acid groups (broad SMARTS) is 1. The van der Waals surface area contributed by atoms with Gasteiger partial charge in [-0.25, -0.2) is 19.3 Å². The molecule has 3 aromatic heterocycles. The van der Waals surface area contributed by atoms with E-state index in [-0.39, 0.29) is 24.1 Å². The standard InChI is InChI=1S/C28H33FN8O2/c1-3-35-8-10-36(11-9-35)17-21-15-31-25(14-23(21)30)33-28-32-16-22(29)27(34-28)20-5-4-19-6-7-37(24(19)13-20)18(2)12-26(38)39/h4-7,13-16,18H,3,8-12,17H2,1-2H3,(H,38,39)(H3,30,31,32,33,34). The van der Waals surface area contributed by atoms with Gasteiger partial charge in [0.1, 0.15) is 11.5 Å². The van der Waals surface area contributed by atoms with Crippen LogP contribution in [0.1, 0.15) is 31.9 Å². The molecule has 0 spiro atoms. The lowest BCUT2D eigenvalue weighted by atomic mass is 10.1. The van der Waals surface area contributed by atoms with Gasteiger partial charge in [0.2, 0.25) is 5.95 Å². The van der Waals surface area contributed by atoms with Crippen molar-refractivity contribution in [3.8, 4) is 11.3 Å². The van der Waals surface area contributed by atoms with Gasteiger partial charge in [0.15, 0.2) is 5.82 Å². The van der Waals surface area contributed by atoms with Crippen LogP contribution in [0.3, 0.4) is 0 Å². The highest BCUT2D eigenvalue weighted by atomic mass is 19.1. The molecular formula is C28H33FN8O2. The molecule has 0 aliphatic carbocycles. The predicted molar refractivity (Wildman–Crippen MR) is 149 cm³/mol. The summed E-state index contributed by atoms with van der Waals surface area (Å²) in [5.41, 5.74) is 9.41. The van der Waals surface area contributed by atoms with Gasteiger partial charge in [-0.3, -0.25) is 9.69 Å². The third-order valence-electron chi connectivity index (χ3n) is 7.25. The summed E-state index contributed by atoms with van der Waals surface area (Å²) in [6, 6.07) is 8.86. The topological polar surface area (TPSA) is 125 Å². The number of nitrogens with two attached hydrogens (primary N) is 1. The van der Waals surface area contributed by atoms with Crippen LogP contribution in [0.4, 0.5) is 21.8 Å². The van der Waals surface area contributed by atoms with Crippen LogP contribution in [0, 0.1) is 5.82 Å². The molecule has 4 N–H and O–H groups in total. The van der Waals surface area contributed by atoms with Crippen molar-refractivity contribution in [3.05, 3.63) is 60.3 Å². The lowest BCUT2D eigenvalue weighted by Crippen LogP contribution is -2.45. The fourth-order valence-corrected chi connectivity index (χ4v) is 4.98. The number of halogens is 1. The van der Waals surface area contributed by atoms with E-state index in [0.29, 0.717) is 17.1 Å². The van der Waals surface area contributed by atoms with Crippen molar-refractivity contribution in [1.29, 1.82) is 0 Å². The third kappa shape index (κ3) is 5.99. The average Bonchev–Trinajstić information content (AvgIpc) is 3.35. The minimum absolute atomic E-state index is 0.0195. The Morgan fingerprint density at radius 1 is 1.13 bits per heavy atom. The van der Waals surface area contributed by atoms with Gasteiger partial charge in [-0.05, 0) is 31.0 Å². The number of carbonyl (C=O) groups is 1. The summed E-state index contributed by atoms with van der Waals surface area (Å²) >= 11 is 0. The zero-order valence-corrected chi connectivity index (χ0v) is 22.1. The van der Waals surface area contributed by atoms with Crippen molar-refractivity contribution in [2.45, 2.75) is 32.9 Å². The molecule has 5 rings (SSSR count). The summed E-state index contributed by atoms with van der Waals surface area (Å²) in [5.74, 6) is -0.786. The number of fused-ring (bicyclic) bond motifs is 1. The predicted octanol–water partition coefficient (Wildman–Crippen LogP) is 4.13. The van der Waals surface area contributed by atoms with Crippen LogP contribution in [0.2, 0.25) is 0 Å². The fourth-order valence-electron chi connectivity index (χ4n) is 4.98. The number of anilines is 3. The van der Waals surface area contributed by atoms with Gasteiger partial charge in [0.25, 0.3) is 0 Å². The molecule has 0 saturated carbocycles. The Kier molecular flexibility index (Phi) is 7.71. The lowest BCUT2D eigenvalue weighted by Gasteiger charge is -2.34. The van der Waals surface area contributed by atoms with Gasteiger partial charge in [-0.2, -0.15) is 0 Å². The number of carboxylic acids is 1. The van der Waals surface area contributed by atoms with Crippen LogP contribution >= 0.6 is 0 Å². The maximum absolute atomic E-state index is 14.9. The van der Waals surface area contributed by atoms with Crippen LogP contribution in [0.5, 0.6) is 0 Å². The molecule has 1 fully saturated rings. The summed E-state index contributed by atoms with van der Waals surface area (Å²) < 4.78 is 16.7. The Hall–Kier alpha value is -4.09. The number of pyridine rings is 1. The van der Waals surface area contributed by atoms with E-state index in [0.717, 1.165) is 61.9 Å². The van der Waals surface area contributed by atoms with Crippen molar-refractivity contribution in [2.24, 2.45) is 0 Å². The van der Waals surface area contributed by atoms with Gasteiger partial charge < -0.3 is 25.6 Å². The monoisotopic (exact) mass is 532 g/mol. The van der Waals surface area contributed by atoms with E-state index in [1.54, 1.807) is 18.3 Å². The minimum Gasteiger partial charge on any atom is -0.481 e. The number of rotatable bonds is 9. The first-order chi connectivity index (χ1) is 18.8. The SMILES string of the molecule is CCN1CCN(Cc2cnc(Nc3ncc(F)c(-c4ccc5ccn(C(C)CC(=O)O)c5c4)n3)cc2N)CC1. The summed E-state index contributed by atoms with van der Waals surface area (Å²) in [6.07, 6.45) is 4.70. The van der Waals surface area contributed by atoms with Gasteiger partial charge in [-0.1, -0.05) is 19.1 Å². The molecule has 4 heterocycles. The highest BCUT2D eigenvalue weighted by Crippen LogP contribution is 2.29. The highest BCUT2D eigenvalue weighted by molar-refractivity contribution is 5.85. The molecule has 0 amide bonds. The molecule has 0 radical (unpaired) electrons. The van der Waals surface area contributed by atoms with Crippen LogP contribution in [-0.4, -0.2) is 73.1 Å². The number of aliphatic carboxylic acids is 1. The number of benzene rings is 1. The van der Waals surface area contributed by atoms with E-state index >= 15 is 0 Å². The van der Waals surface area contributed by atoms with E-state index in [4.69, 9.17) is 5.73 Å². The molecular weight excluding hydrogens is 499 g/mol. The smallest absolute Gasteiger partial charge is 0.305 e. The molecule has 1 saturated heterocycles. The van der Waals surface area contributed by atoms with Crippen LogP contribution in [0.15, 0.2) is 48.9 Å². The summed E-state index contributed by atoms with van der Waals surface area (Å²) in [7, 11) is 0. The van der Waals surface area contributed by atoms with Gasteiger partial charge in [-0.15, -0.1) is 0 Å². The van der Waals surface area contributed by atoms with Gasteiger partial charge in [0, 0.05) is 79.6 Å². The zero-order valence-electron chi connectivity index (χ0n) is 22.1. The highest BCUT2D eigenvalue weighted by Gasteiger charge is 2.18. The van der Waals surface area contributed by atoms with Crippen molar-refractivity contribution < 1.29 is 14.3 Å². The number of nitrogen functional groups attached to an aromatic ring is 1. The van der Waals surface area contributed by atoms with Crippen molar-refractivity contribution in [2.75, 3.05) is 43.8 Å². The summed E-state index contributed by atoms with van der Waals surface area (Å²) in [5, 5.41) is 13.2. The molecule has 1 aliphatic rings. The Morgan fingerprint density at radius 2 is 1.90 bits per heavy atom. The van der Waals surface area contributed by atoms with Crippen LogP contribution < -0.4 is 11.1 Å². The molecule has 4 aromatic rings. The first kappa shape index (κ1) is 26.5. The van der Waals surface area contributed by atoms with Gasteiger partial charge in [0.05, 0.1) is 12.6 Å². The fraction of sp³-hybridized carbons (Fsp3) is 0.357. The van der Waals surface area contributed by atoms with Crippen LogP contribution in [0.25, 0.3) is 22.2 Å². The van der Waals surface area contributed by atoms with Gasteiger partial charge >= 0.3 is 5.97 Å². The number of piperazine rings is 1. The minimum atomic E-state index is -0.879. The second-order valence-electron chi connectivity index (χ2n) is 9.94. The third-order valence-corrected chi connectivity index (χ3v) is 7.25. The number of likely N-dealkylation sites (N-methyl/N-ethyl adjacent to an activating group) is 1. The van der Waals surface area contributed by atoms with E-state index in [1.807, 2.05) is 35.9 Å².